The number of aromatic nitrogens is 1. The molecule has 1 aliphatic heterocycles. The number of hydrogen-bond donors (Lipinski definition) is 1. The largest absolute Gasteiger partial charge is 0.465 e. The maximum absolute atomic E-state index is 11.8. The molecule has 0 saturated heterocycles. The standard InChI is InChI=1S/C14H16N2O2/c1-16-7-6-12-11(8-16)9-4-3-5-10(13(9)15-12)14(17)18-2/h3-5,15H,6-8H2,1-2H3. The van der Waals surface area contributed by atoms with Crippen molar-refractivity contribution in [2.24, 2.45) is 0 Å². The van der Waals surface area contributed by atoms with Crippen LogP contribution in [-0.2, 0) is 17.7 Å². The van der Waals surface area contributed by atoms with Gasteiger partial charge in [0.1, 0.15) is 0 Å². The van der Waals surface area contributed by atoms with Crippen LogP contribution in [-0.4, -0.2) is 36.6 Å². The smallest absolute Gasteiger partial charge is 0.339 e. The quantitative estimate of drug-likeness (QED) is 0.780. The predicted molar refractivity (Wildman–Crippen MR) is 69.7 cm³/mol. The van der Waals surface area contributed by atoms with Crippen LogP contribution in [0.4, 0.5) is 0 Å². The predicted octanol–water partition coefficient (Wildman–Crippen LogP) is 1.94. The van der Waals surface area contributed by atoms with Gasteiger partial charge in [0.2, 0.25) is 0 Å². The molecule has 4 nitrogen and oxygen atoms in total. The minimum atomic E-state index is -0.285. The number of carbonyl (C=O) groups is 1. The first-order valence-electron chi connectivity index (χ1n) is 6.10. The number of methoxy groups -OCH3 is 1. The first-order valence-corrected chi connectivity index (χ1v) is 6.10. The topological polar surface area (TPSA) is 45.3 Å². The summed E-state index contributed by atoms with van der Waals surface area (Å²) < 4.78 is 4.83. The van der Waals surface area contributed by atoms with Gasteiger partial charge in [0.25, 0.3) is 0 Å². The Balaban J connectivity index is 2.22. The van der Waals surface area contributed by atoms with Gasteiger partial charge in [-0.3, -0.25) is 0 Å². The van der Waals surface area contributed by atoms with E-state index in [-0.39, 0.29) is 5.97 Å². The van der Waals surface area contributed by atoms with Crippen LogP contribution in [0, 0.1) is 0 Å². The van der Waals surface area contributed by atoms with E-state index in [2.05, 4.69) is 23.0 Å². The number of likely N-dealkylation sites (N-methyl/N-ethyl adjacent to an activating group) is 1. The summed E-state index contributed by atoms with van der Waals surface area (Å²) in [6, 6.07) is 5.79. The number of rotatable bonds is 1. The summed E-state index contributed by atoms with van der Waals surface area (Å²) >= 11 is 0. The average Bonchev–Trinajstić information content (AvgIpc) is 2.75. The Morgan fingerprint density at radius 3 is 3.06 bits per heavy atom. The van der Waals surface area contributed by atoms with Gasteiger partial charge in [-0.2, -0.15) is 0 Å². The highest BCUT2D eigenvalue weighted by Gasteiger charge is 2.21. The lowest BCUT2D eigenvalue weighted by Crippen LogP contribution is -2.25. The molecule has 1 aromatic heterocycles. The van der Waals surface area contributed by atoms with E-state index < -0.39 is 0 Å². The molecule has 0 bridgehead atoms. The fourth-order valence-electron chi connectivity index (χ4n) is 2.65. The summed E-state index contributed by atoms with van der Waals surface area (Å²) in [4.78, 5) is 17.4. The zero-order valence-electron chi connectivity index (χ0n) is 10.6. The molecule has 2 aromatic rings. The van der Waals surface area contributed by atoms with Crippen molar-refractivity contribution < 1.29 is 9.53 Å². The number of H-pyrrole nitrogens is 1. The van der Waals surface area contributed by atoms with Crippen molar-refractivity contribution in [1.82, 2.24) is 9.88 Å². The Morgan fingerprint density at radius 2 is 2.28 bits per heavy atom. The molecular weight excluding hydrogens is 228 g/mol. The number of esters is 1. The first-order chi connectivity index (χ1) is 8.70. The molecule has 3 rings (SSSR count). The van der Waals surface area contributed by atoms with Crippen LogP contribution < -0.4 is 0 Å². The van der Waals surface area contributed by atoms with Crippen LogP contribution in [0.1, 0.15) is 21.6 Å². The van der Waals surface area contributed by atoms with Crippen molar-refractivity contribution in [2.45, 2.75) is 13.0 Å². The lowest BCUT2D eigenvalue weighted by atomic mass is 10.0. The summed E-state index contributed by atoms with van der Waals surface area (Å²) in [6.07, 6.45) is 1.00. The zero-order valence-corrected chi connectivity index (χ0v) is 10.6. The fourth-order valence-corrected chi connectivity index (χ4v) is 2.65. The second-order valence-electron chi connectivity index (χ2n) is 4.79. The molecule has 0 unspecified atom stereocenters. The number of benzene rings is 1. The number of hydrogen-bond acceptors (Lipinski definition) is 3. The van der Waals surface area contributed by atoms with Crippen molar-refractivity contribution in [3.05, 3.63) is 35.0 Å². The minimum absolute atomic E-state index is 0.285. The summed E-state index contributed by atoms with van der Waals surface area (Å²) in [5.74, 6) is -0.285. The highest BCUT2D eigenvalue weighted by Crippen LogP contribution is 2.29. The monoisotopic (exact) mass is 244 g/mol. The van der Waals surface area contributed by atoms with E-state index in [0.717, 1.165) is 30.4 Å². The molecule has 1 aromatic carbocycles. The van der Waals surface area contributed by atoms with E-state index in [0.29, 0.717) is 5.56 Å². The van der Waals surface area contributed by atoms with Crippen LogP contribution in [0.3, 0.4) is 0 Å². The van der Waals surface area contributed by atoms with Gasteiger partial charge in [-0.1, -0.05) is 12.1 Å². The molecule has 0 atom stereocenters. The molecule has 4 heteroatoms. The summed E-state index contributed by atoms with van der Waals surface area (Å²) in [5.41, 5.74) is 4.08. The van der Waals surface area contributed by atoms with Crippen LogP contribution in [0.2, 0.25) is 0 Å². The zero-order chi connectivity index (χ0) is 12.7. The van der Waals surface area contributed by atoms with Crippen molar-refractivity contribution in [1.29, 1.82) is 0 Å². The lowest BCUT2D eigenvalue weighted by molar-refractivity contribution is 0.0603. The number of para-hydroxylation sites is 1. The molecule has 0 fully saturated rings. The molecule has 2 heterocycles. The molecule has 1 aliphatic rings. The van der Waals surface area contributed by atoms with Gasteiger partial charge in [0.15, 0.2) is 0 Å². The normalized spacial score (nSPS) is 15.7. The van der Waals surface area contributed by atoms with Gasteiger partial charge >= 0.3 is 5.97 Å². The van der Waals surface area contributed by atoms with E-state index in [4.69, 9.17) is 4.74 Å². The van der Waals surface area contributed by atoms with Crippen LogP contribution in [0.25, 0.3) is 10.9 Å². The minimum Gasteiger partial charge on any atom is -0.465 e. The molecule has 0 radical (unpaired) electrons. The van der Waals surface area contributed by atoms with Crippen molar-refractivity contribution in [2.75, 3.05) is 20.7 Å². The molecule has 0 spiro atoms. The Bertz CT molecular complexity index is 616. The Labute approximate surface area is 106 Å². The summed E-state index contributed by atoms with van der Waals surface area (Å²) in [7, 11) is 3.53. The molecule has 0 amide bonds. The van der Waals surface area contributed by atoms with Gasteiger partial charge in [0.05, 0.1) is 18.2 Å². The van der Waals surface area contributed by atoms with Crippen molar-refractivity contribution in [3.8, 4) is 0 Å². The molecule has 18 heavy (non-hydrogen) atoms. The fraction of sp³-hybridized carbons (Fsp3) is 0.357. The number of nitrogens with zero attached hydrogens (tertiary/aromatic N) is 1. The first kappa shape index (κ1) is 11.3. The number of ether oxygens (including phenoxy) is 1. The third-order valence-electron chi connectivity index (χ3n) is 3.61. The Kier molecular flexibility index (Phi) is 2.59. The molecular formula is C14H16N2O2. The van der Waals surface area contributed by atoms with Crippen molar-refractivity contribution >= 4 is 16.9 Å². The van der Waals surface area contributed by atoms with Crippen LogP contribution in [0.15, 0.2) is 18.2 Å². The third-order valence-corrected chi connectivity index (χ3v) is 3.61. The lowest BCUT2D eigenvalue weighted by Gasteiger charge is -2.22. The highest BCUT2D eigenvalue weighted by molar-refractivity contribution is 6.04. The number of carbonyl (C=O) groups excluding carboxylic acids is 1. The van der Waals surface area contributed by atoms with Gasteiger partial charge in [0, 0.05) is 30.6 Å². The maximum Gasteiger partial charge on any atom is 0.339 e. The Hall–Kier alpha value is -1.81. The molecule has 1 N–H and O–H groups in total. The second-order valence-corrected chi connectivity index (χ2v) is 4.79. The van der Waals surface area contributed by atoms with E-state index in [1.807, 2.05) is 6.07 Å². The van der Waals surface area contributed by atoms with Gasteiger partial charge in [-0.25, -0.2) is 4.79 Å². The Morgan fingerprint density at radius 1 is 1.44 bits per heavy atom. The number of nitrogens with one attached hydrogen (secondary N) is 1. The van der Waals surface area contributed by atoms with Crippen LogP contribution >= 0.6 is 0 Å². The van der Waals surface area contributed by atoms with E-state index in [9.17, 15) is 4.79 Å². The highest BCUT2D eigenvalue weighted by atomic mass is 16.5. The molecule has 0 aliphatic carbocycles. The maximum atomic E-state index is 11.8. The van der Waals surface area contributed by atoms with Crippen molar-refractivity contribution in [3.63, 3.8) is 0 Å². The van der Waals surface area contributed by atoms with E-state index >= 15 is 0 Å². The van der Waals surface area contributed by atoms with Crippen LogP contribution in [0.5, 0.6) is 0 Å². The summed E-state index contributed by atoms with van der Waals surface area (Å²) in [6.45, 7) is 1.98. The SMILES string of the molecule is COC(=O)c1cccc2c3c([nH]c12)CCN(C)C3. The van der Waals surface area contributed by atoms with E-state index in [1.54, 1.807) is 6.07 Å². The number of fused-ring (bicyclic) bond motifs is 3. The number of aromatic amines is 1. The van der Waals surface area contributed by atoms with E-state index in [1.165, 1.54) is 18.4 Å². The third kappa shape index (κ3) is 1.61. The van der Waals surface area contributed by atoms with Gasteiger partial charge < -0.3 is 14.6 Å². The average molecular weight is 244 g/mol. The molecule has 0 saturated carbocycles. The second kappa shape index (κ2) is 4.14. The van der Waals surface area contributed by atoms with Gasteiger partial charge in [-0.15, -0.1) is 0 Å². The molecule has 94 valence electrons. The summed E-state index contributed by atoms with van der Waals surface area (Å²) in [5, 5.41) is 1.14. The van der Waals surface area contributed by atoms with Gasteiger partial charge in [-0.05, 0) is 18.7 Å².